The summed E-state index contributed by atoms with van der Waals surface area (Å²) in [4.78, 5) is 0. The Kier molecular flexibility index (Phi) is 3.55. The van der Waals surface area contributed by atoms with Gasteiger partial charge < -0.3 is 10.2 Å². The van der Waals surface area contributed by atoms with Gasteiger partial charge in [0, 0.05) is 0 Å². The quantitative estimate of drug-likeness (QED) is 0.826. The lowest BCUT2D eigenvalue weighted by Crippen LogP contribution is -2.19. The Balaban J connectivity index is 2.12. The van der Waals surface area contributed by atoms with Gasteiger partial charge in [0.1, 0.15) is 0 Å². The molecule has 0 heterocycles. The van der Waals surface area contributed by atoms with Gasteiger partial charge in [-0.05, 0) is 50.2 Å². The molecule has 2 nitrogen and oxygen atoms in total. The molecule has 1 aromatic rings. The summed E-state index contributed by atoms with van der Waals surface area (Å²) in [6, 6.07) is 8.18. The Labute approximate surface area is 103 Å². The molecule has 1 fully saturated rings. The van der Waals surface area contributed by atoms with E-state index in [1.54, 1.807) is 13.8 Å². The molecular formula is C15H22O2. The van der Waals surface area contributed by atoms with Crippen molar-refractivity contribution in [2.75, 3.05) is 0 Å². The van der Waals surface area contributed by atoms with Crippen LogP contribution in [0, 0.1) is 0 Å². The van der Waals surface area contributed by atoms with Crippen LogP contribution in [0.3, 0.4) is 0 Å². The molecule has 0 aromatic heterocycles. The van der Waals surface area contributed by atoms with Gasteiger partial charge in [0.25, 0.3) is 0 Å². The largest absolute Gasteiger partial charge is 0.393 e. The molecule has 2 unspecified atom stereocenters. The van der Waals surface area contributed by atoms with Gasteiger partial charge in [-0.25, -0.2) is 0 Å². The Morgan fingerprint density at radius 3 is 2.29 bits per heavy atom. The first-order valence-electron chi connectivity index (χ1n) is 6.47. The Bertz CT molecular complexity index is 362. The molecule has 0 amide bonds. The molecule has 1 aliphatic rings. The predicted octanol–water partition coefficient (Wildman–Crippen LogP) is 2.93. The lowest BCUT2D eigenvalue weighted by atomic mass is 9.82. The van der Waals surface area contributed by atoms with Crippen LogP contribution in [0.4, 0.5) is 0 Å². The van der Waals surface area contributed by atoms with Gasteiger partial charge >= 0.3 is 0 Å². The van der Waals surface area contributed by atoms with Crippen molar-refractivity contribution in [3.63, 3.8) is 0 Å². The number of aliphatic hydroxyl groups is 2. The highest BCUT2D eigenvalue weighted by molar-refractivity contribution is 5.28. The average molecular weight is 234 g/mol. The minimum atomic E-state index is -0.773. The van der Waals surface area contributed by atoms with E-state index in [1.807, 2.05) is 12.1 Å². The first-order valence-corrected chi connectivity index (χ1v) is 6.47. The highest BCUT2D eigenvalue weighted by Gasteiger charge is 2.22. The second-order valence-electron chi connectivity index (χ2n) is 5.70. The van der Waals surface area contributed by atoms with Crippen molar-refractivity contribution in [2.24, 2.45) is 0 Å². The molecule has 2 rings (SSSR count). The average Bonchev–Trinajstić information content (AvgIpc) is 2.28. The topological polar surface area (TPSA) is 40.5 Å². The summed E-state index contributed by atoms with van der Waals surface area (Å²) >= 11 is 0. The summed E-state index contributed by atoms with van der Waals surface area (Å²) < 4.78 is 0. The molecule has 2 atom stereocenters. The van der Waals surface area contributed by atoms with Gasteiger partial charge in [0.05, 0.1) is 11.7 Å². The van der Waals surface area contributed by atoms with E-state index < -0.39 is 5.60 Å². The molecule has 17 heavy (non-hydrogen) atoms. The van der Waals surface area contributed by atoms with Crippen LogP contribution in [0.25, 0.3) is 0 Å². The summed E-state index contributed by atoms with van der Waals surface area (Å²) in [6.45, 7) is 3.60. The Hall–Kier alpha value is -0.860. The minimum Gasteiger partial charge on any atom is -0.393 e. The third kappa shape index (κ3) is 3.08. The monoisotopic (exact) mass is 234 g/mol. The zero-order valence-corrected chi connectivity index (χ0v) is 10.7. The van der Waals surface area contributed by atoms with Gasteiger partial charge in [-0.2, -0.15) is 0 Å². The number of benzene rings is 1. The van der Waals surface area contributed by atoms with Crippen molar-refractivity contribution in [1.82, 2.24) is 0 Å². The van der Waals surface area contributed by atoms with Crippen molar-refractivity contribution in [1.29, 1.82) is 0 Å². The fraction of sp³-hybridized carbons (Fsp3) is 0.600. The predicted molar refractivity (Wildman–Crippen MR) is 68.9 cm³/mol. The second-order valence-corrected chi connectivity index (χ2v) is 5.70. The Morgan fingerprint density at radius 1 is 1.12 bits per heavy atom. The summed E-state index contributed by atoms with van der Waals surface area (Å²) in [5.74, 6) is 0.481. The maximum absolute atomic E-state index is 9.89. The van der Waals surface area contributed by atoms with Crippen LogP contribution in [0.5, 0.6) is 0 Å². The maximum Gasteiger partial charge on any atom is 0.0840 e. The highest BCUT2D eigenvalue weighted by Crippen LogP contribution is 2.33. The first kappa shape index (κ1) is 12.6. The number of hydrogen-bond donors (Lipinski definition) is 2. The van der Waals surface area contributed by atoms with E-state index in [0.717, 1.165) is 24.8 Å². The standard InChI is InChI=1S/C15H22O2/c1-15(2,17)13-8-6-11(7-9-13)12-4-3-5-14(16)10-12/h6-9,12,14,16-17H,3-5,10H2,1-2H3. The van der Waals surface area contributed by atoms with Crippen molar-refractivity contribution in [3.8, 4) is 0 Å². The summed E-state index contributed by atoms with van der Waals surface area (Å²) in [5, 5.41) is 19.6. The van der Waals surface area contributed by atoms with E-state index in [-0.39, 0.29) is 6.10 Å². The van der Waals surface area contributed by atoms with Gasteiger partial charge in [0.15, 0.2) is 0 Å². The molecule has 0 saturated heterocycles. The van der Waals surface area contributed by atoms with Crippen LogP contribution < -0.4 is 0 Å². The van der Waals surface area contributed by atoms with E-state index in [0.29, 0.717) is 5.92 Å². The molecule has 94 valence electrons. The minimum absolute atomic E-state index is 0.136. The van der Waals surface area contributed by atoms with Crippen LogP contribution in [-0.2, 0) is 5.60 Å². The maximum atomic E-state index is 9.89. The van der Waals surface area contributed by atoms with E-state index in [9.17, 15) is 10.2 Å². The van der Waals surface area contributed by atoms with Gasteiger partial charge in [-0.3, -0.25) is 0 Å². The van der Waals surface area contributed by atoms with Crippen LogP contribution >= 0.6 is 0 Å². The Morgan fingerprint density at radius 2 is 1.76 bits per heavy atom. The van der Waals surface area contributed by atoms with E-state index in [2.05, 4.69) is 12.1 Å². The number of aliphatic hydroxyl groups excluding tert-OH is 1. The fourth-order valence-electron chi connectivity index (χ4n) is 2.63. The summed E-state index contributed by atoms with van der Waals surface area (Å²) in [5.41, 5.74) is 1.46. The van der Waals surface area contributed by atoms with Gasteiger partial charge in [-0.15, -0.1) is 0 Å². The molecule has 0 bridgehead atoms. The zero-order valence-electron chi connectivity index (χ0n) is 10.7. The molecule has 1 saturated carbocycles. The SMILES string of the molecule is CC(C)(O)c1ccc(C2CCCC(O)C2)cc1. The molecule has 0 spiro atoms. The van der Waals surface area contributed by atoms with Gasteiger partial charge in [-0.1, -0.05) is 30.7 Å². The summed E-state index contributed by atoms with van der Waals surface area (Å²) in [7, 11) is 0. The summed E-state index contributed by atoms with van der Waals surface area (Å²) in [6.07, 6.45) is 3.96. The molecular weight excluding hydrogens is 212 g/mol. The lowest BCUT2D eigenvalue weighted by molar-refractivity contribution is 0.0785. The highest BCUT2D eigenvalue weighted by atomic mass is 16.3. The first-order chi connectivity index (χ1) is 7.97. The van der Waals surface area contributed by atoms with Crippen LogP contribution in [0.1, 0.15) is 56.6 Å². The van der Waals surface area contributed by atoms with E-state index >= 15 is 0 Å². The number of hydrogen-bond acceptors (Lipinski definition) is 2. The van der Waals surface area contributed by atoms with Crippen molar-refractivity contribution in [3.05, 3.63) is 35.4 Å². The van der Waals surface area contributed by atoms with Gasteiger partial charge in [0.2, 0.25) is 0 Å². The van der Waals surface area contributed by atoms with Crippen molar-refractivity contribution < 1.29 is 10.2 Å². The third-order valence-electron chi connectivity index (χ3n) is 3.74. The third-order valence-corrected chi connectivity index (χ3v) is 3.74. The molecule has 1 aliphatic carbocycles. The number of rotatable bonds is 2. The van der Waals surface area contributed by atoms with Crippen LogP contribution in [0.15, 0.2) is 24.3 Å². The molecule has 1 aromatic carbocycles. The van der Waals surface area contributed by atoms with Crippen LogP contribution in [-0.4, -0.2) is 16.3 Å². The molecule has 0 radical (unpaired) electrons. The van der Waals surface area contributed by atoms with Crippen molar-refractivity contribution in [2.45, 2.75) is 57.2 Å². The molecule has 2 heteroatoms. The lowest BCUT2D eigenvalue weighted by Gasteiger charge is -2.27. The second kappa shape index (κ2) is 4.79. The van der Waals surface area contributed by atoms with E-state index in [1.165, 1.54) is 12.0 Å². The fourth-order valence-corrected chi connectivity index (χ4v) is 2.63. The van der Waals surface area contributed by atoms with E-state index in [4.69, 9.17) is 0 Å². The normalized spacial score (nSPS) is 25.9. The molecule has 2 N–H and O–H groups in total. The smallest absolute Gasteiger partial charge is 0.0840 e. The van der Waals surface area contributed by atoms with Crippen LogP contribution in [0.2, 0.25) is 0 Å². The van der Waals surface area contributed by atoms with Crippen molar-refractivity contribution >= 4 is 0 Å². The molecule has 0 aliphatic heterocycles. The zero-order chi connectivity index (χ0) is 12.5.